The molecule has 0 aliphatic carbocycles. The summed E-state index contributed by atoms with van der Waals surface area (Å²) in [5.41, 5.74) is 2.04. The molecule has 0 bridgehead atoms. The van der Waals surface area contributed by atoms with Gasteiger partial charge in [-0.25, -0.2) is 0 Å². The second-order valence-electron chi connectivity index (χ2n) is 3.98. The summed E-state index contributed by atoms with van der Waals surface area (Å²) in [5, 5.41) is 3.26. The summed E-state index contributed by atoms with van der Waals surface area (Å²) in [6, 6.07) is 7.67. The molecule has 1 heterocycles. The first-order valence-electron chi connectivity index (χ1n) is 5.83. The molecule has 0 radical (unpaired) electrons. The van der Waals surface area contributed by atoms with Crippen LogP contribution in [0.2, 0.25) is 0 Å². The van der Waals surface area contributed by atoms with Gasteiger partial charge in [0.1, 0.15) is 11.5 Å². The van der Waals surface area contributed by atoms with Crippen molar-refractivity contribution in [1.29, 1.82) is 0 Å². The third-order valence-corrected chi connectivity index (χ3v) is 3.64. The number of ether oxygens (including phenoxy) is 2. The Kier molecular flexibility index (Phi) is 4.50. The summed E-state index contributed by atoms with van der Waals surface area (Å²) >= 11 is 3.41. The molecule has 1 atom stereocenters. The zero-order chi connectivity index (χ0) is 13.8. The zero-order valence-corrected chi connectivity index (χ0v) is 12.7. The van der Waals surface area contributed by atoms with E-state index in [1.54, 1.807) is 20.5 Å². The monoisotopic (exact) mass is 325 g/mol. The lowest BCUT2D eigenvalue weighted by Crippen LogP contribution is -2.18. The summed E-state index contributed by atoms with van der Waals surface area (Å²) in [5.74, 6) is 1.54. The minimum absolute atomic E-state index is 0.0195. The Morgan fingerprint density at radius 3 is 2.47 bits per heavy atom. The molecule has 1 N–H and O–H groups in total. The van der Waals surface area contributed by atoms with Gasteiger partial charge in [-0.1, -0.05) is 0 Å². The minimum atomic E-state index is -0.0195. The highest BCUT2D eigenvalue weighted by Crippen LogP contribution is 2.35. The molecule has 0 fully saturated rings. The van der Waals surface area contributed by atoms with Gasteiger partial charge >= 0.3 is 0 Å². The van der Waals surface area contributed by atoms with E-state index in [0.29, 0.717) is 4.67 Å². The van der Waals surface area contributed by atoms with E-state index in [2.05, 4.69) is 21.2 Å². The van der Waals surface area contributed by atoms with Gasteiger partial charge < -0.3 is 19.2 Å². The van der Waals surface area contributed by atoms with Crippen LogP contribution in [0.4, 0.5) is 0 Å². The van der Waals surface area contributed by atoms with E-state index < -0.39 is 0 Å². The van der Waals surface area contributed by atoms with Crippen molar-refractivity contribution in [2.75, 3.05) is 21.3 Å². The number of nitrogens with one attached hydrogen (secondary N) is 1. The average molecular weight is 326 g/mol. The van der Waals surface area contributed by atoms with Gasteiger partial charge in [-0.05, 0) is 41.2 Å². The van der Waals surface area contributed by atoms with E-state index in [9.17, 15) is 0 Å². The van der Waals surface area contributed by atoms with Crippen molar-refractivity contribution in [3.8, 4) is 11.5 Å². The Bertz CT molecular complexity index is 553. The first kappa shape index (κ1) is 14.0. The van der Waals surface area contributed by atoms with Gasteiger partial charge in [-0.2, -0.15) is 0 Å². The molecule has 0 spiro atoms. The number of furan rings is 1. The SMILES string of the molecule is CNC(c1ccc(OC)cc1OC)c1ccoc1Br. The predicted molar refractivity (Wildman–Crippen MR) is 76.9 cm³/mol. The summed E-state index contributed by atoms with van der Waals surface area (Å²) in [4.78, 5) is 0. The quantitative estimate of drug-likeness (QED) is 0.915. The molecule has 0 saturated carbocycles. The van der Waals surface area contributed by atoms with E-state index in [0.717, 1.165) is 22.6 Å². The number of halogens is 1. The van der Waals surface area contributed by atoms with Gasteiger partial charge in [0.15, 0.2) is 4.67 Å². The number of methoxy groups -OCH3 is 2. The van der Waals surface area contributed by atoms with E-state index in [1.165, 1.54) is 0 Å². The normalized spacial score (nSPS) is 12.2. The van der Waals surface area contributed by atoms with Crippen molar-refractivity contribution in [1.82, 2.24) is 5.32 Å². The van der Waals surface area contributed by atoms with Gasteiger partial charge in [0.25, 0.3) is 0 Å². The molecule has 0 saturated heterocycles. The molecule has 5 heteroatoms. The van der Waals surface area contributed by atoms with Crippen LogP contribution in [-0.4, -0.2) is 21.3 Å². The van der Waals surface area contributed by atoms with E-state index in [4.69, 9.17) is 13.9 Å². The summed E-state index contributed by atoms with van der Waals surface area (Å²) < 4.78 is 16.7. The first-order chi connectivity index (χ1) is 9.21. The molecule has 2 aromatic rings. The molecule has 1 aromatic heterocycles. The molecule has 2 rings (SSSR count). The maximum Gasteiger partial charge on any atom is 0.174 e. The topological polar surface area (TPSA) is 43.6 Å². The molecule has 0 amide bonds. The van der Waals surface area contributed by atoms with Crippen LogP contribution in [0.15, 0.2) is 39.6 Å². The minimum Gasteiger partial charge on any atom is -0.497 e. The Morgan fingerprint density at radius 1 is 1.16 bits per heavy atom. The summed E-state index contributed by atoms with van der Waals surface area (Å²) in [6.45, 7) is 0. The molecule has 102 valence electrons. The van der Waals surface area contributed by atoms with E-state index in [-0.39, 0.29) is 6.04 Å². The lowest BCUT2D eigenvalue weighted by Gasteiger charge is -2.19. The van der Waals surface area contributed by atoms with E-state index >= 15 is 0 Å². The molecular formula is C14H16BrNO3. The van der Waals surface area contributed by atoms with Gasteiger partial charge in [-0.3, -0.25) is 0 Å². The number of hydrogen-bond acceptors (Lipinski definition) is 4. The van der Waals surface area contributed by atoms with Crippen molar-refractivity contribution >= 4 is 15.9 Å². The average Bonchev–Trinajstić information content (AvgIpc) is 2.86. The number of hydrogen-bond donors (Lipinski definition) is 1. The smallest absolute Gasteiger partial charge is 0.174 e. The molecule has 1 unspecified atom stereocenters. The Balaban J connectivity index is 2.46. The Labute approximate surface area is 120 Å². The van der Waals surface area contributed by atoms with Crippen LogP contribution in [0.5, 0.6) is 11.5 Å². The van der Waals surface area contributed by atoms with Crippen LogP contribution in [0.25, 0.3) is 0 Å². The molecule has 4 nitrogen and oxygen atoms in total. The maximum absolute atomic E-state index is 5.44. The zero-order valence-electron chi connectivity index (χ0n) is 11.1. The van der Waals surface area contributed by atoms with Crippen molar-refractivity contribution in [2.45, 2.75) is 6.04 Å². The molecule has 0 aliphatic heterocycles. The summed E-state index contributed by atoms with van der Waals surface area (Å²) in [7, 11) is 5.18. The van der Waals surface area contributed by atoms with Crippen LogP contribution < -0.4 is 14.8 Å². The summed E-state index contributed by atoms with van der Waals surface area (Å²) in [6.07, 6.45) is 1.65. The fraction of sp³-hybridized carbons (Fsp3) is 0.286. The fourth-order valence-electron chi connectivity index (χ4n) is 2.05. The van der Waals surface area contributed by atoms with Crippen molar-refractivity contribution in [2.24, 2.45) is 0 Å². The largest absolute Gasteiger partial charge is 0.497 e. The second-order valence-corrected chi connectivity index (χ2v) is 4.70. The molecular weight excluding hydrogens is 310 g/mol. The van der Waals surface area contributed by atoms with Crippen molar-refractivity contribution in [3.05, 3.63) is 46.3 Å². The lowest BCUT2D eigenvalue weighted by atomic mass is 10.00. The van der Waals surface area contributed by atoms with Gasteiger partial charge in [0, 0.05) is 17.2 Å². The fourth-order valence-corrected chi connectivity index (χ4v) is 2.51. The number of benzene rings is 1. The molecule has 19 heavy (non-hydrogen) atoms. The van der Waals surface area contributed by atoms with E-state index in [1.807, 2.05) is 31.3 Å². The molecule has 1 aromatic carbocycles. The first-order valence-corrected chi connectivity index (χ1v) is 6.62. The Morgan fingerprint density at radius 2 is 1.95 bits per heavy atom. The number of rotatable bonds is 5. The van der Waals surface area contributed by atoms with Crippen LogP contribution in [0.1, 0.15) is 17.2 Å². The van der Waals surface area contributed by atoms with Crippen LogP contribution >= 0.6 is 15.9 Å². The maximum atomic E-state index is 5.44. The van der Waals surface area contributed by atoms with Crippen LogP contribution in [0, 0.1) is 0 Å². The highest BCUT2D eigenvalue weighted by molar-refractivity contribution is 9.10. The van der Waals surface area contributed by atoms with Gasteiger partial charge in [0.05, 0.1) is 26.5 Å². The van der Waals surface area contributed by atoms with Crippen LogP contribution in [-0.2, 0) is 0 Å². The third kappa shape index (κ3) is 2.77. The highest BCUT2D eigenvalue weighted by atomic mass is 79.9. The lowest BCUT2D eigenvalue weighted by molar-refractivity contribution is 0.388. The van der Waals surface area contributed by atoms with Crippen molar-refractivity contribution in [3.63, 3.8) is 0 Å². The van der Waals surface area contributed by atoms with Crippen molar-refractivity contribution < 1.29 is 13.9 Å². The van der Waals surface area contributed by atoms with Crippen LogP contribution in [0.3, 0.4) is 0 Å². The molecule has 0 aliphatic rings. The third-order valence-electron chi connectivity index (χ3n) is 3.00. The van der Waals surface area contributed by atoms with Gasteiger partial charge in [-0.15, -0.1) is 0 Å². The second kappa shape index (κ2) is 6.12. The highest BCUT2D eigenvalue weighted by Gasteiger charge is 2.21. The van der Waals surface area contributed by atoms with Gasteiger partial charge in [0.2, 0.25) is 0 Å². The predicted octanol–water partition coefficient (Wildman–Crippen LogP) is 3.37. The Hall–Kier alpha value is -1.46. The standard InChI is InChI=1S/C14H16BrNO3/c1-16-13(11-6-7-19-14(11)15)10-5-4-9(17-2)8-12(10)18-3/h4-8,13,16H,1-3H3.